The molecule has 84 valence electrons. The van der Waals surface area contributed by atoms with Crippen LogP contribution in [0.1, 0.15) is 17.2 Å². The molecule has 1 aromatic carbocycles. The molecule has 0 aliphatic rings. The van der Waals surface area contributed by atoms with Crippen LogP contribution in [0.25, 0.3) is 0 Å². The van der Waals surface area contributed by atoms with E-state index in [2.05, 4.69) is 0 Å². The van der Waals surface area contributed by atoms with E-state index in [1.165, 1.54) is 12.1 Å². The molecule has 3 nitrogen and oxygen atoms in total. The highest BCUT2D eigenvalue weighted by Gasteiger charge is 2.38. The number of alkyl halides is 2. The highest BCUT2D eigenvalue weighted by Crippen LogP contribution is 2.34. The molecule has 1 rings (SSSR count). The van der Waals surface area contributed by atoms with Crippen molar-refractivity contribution in [2.45, 2.75) is 18.9 Å². The number of aryl methyl sites for hydroxylation is 1. The lowest BCUT2D eigenvalue weighted by atomic mass is 9.99. The summed E-state index contributed by atoms with van der Waals surface area (Å²) in [6.45, 7) is 0.240. The van der Waals surface area contributed by atoms with Gasteiger partial charge in [0, 0.05) is 5.56 Å². The van der Waals surface area contributed by atoms with Crippen LogP contribution in [-0.4, -0.2) is 22.7 Å². The van der Waals surface area contributed by atoms with Crippen LogP contribution in [-0.2, 0) is 0 Å². The Morgan fingerprint density at radius 1 is 1.47 bits per heavy atom. The minimum Gasteiger partial charge on any atom is -0.507 e. The SMILES string of the molecule is Cc1cccc([C@H](N)C(F)(F)CO)c1O. The van der Waals surface area contributed by atoms with Crippen molar-refractivity contribution in [3.63, 3.8) is 0 Å². The Kier molecular flexibility index (Phi) is 3.26. The minimum atomic E-state index is -3.44. The van der Waals surface area contributed by atoms with Crippen molar-refractivity contribution in [1.29, 1.82) is 0 Å². The van der Waals surface area contributed by atoms with Gasteiger partial charge in [0.15, 0.2) is 0 Å². The van der Waals surface area contributed by atoms with E-state index in [9.17, 15) is 13.9 Å². The van der Waals surface area contributed by atoms with E-state index >= 15 is 0 Å². The third kappa shape index (κ3) is 2.24. The lowest BCUT2D eigenvalue weighted by Gasteiger charge is -2.22. The highest BCUT2D eigenvalue weighted by atomic mass is 19.3. The first kappa shape index (κ1) is 11.9. The normalized spacial score (nSPS) is 13.9. The second-order valence-electron chi connectivity index (χ2n) is 3.41. The Morgan fingerprint density at radius 2 is 2.07 bits per heavy atom. The maximum Gasteiger partial charge on any atom is 0.289 e. The van der Waals surface area contributed by atoms with Gasteiger partial charge in [-0.1, -0.05) is 18.2 Å². The quantitative estimate of drug-likeness (QED) is 0.715. The molecule has 15 heavy (non-hydrogen) atoms. The van der Waals surface area contributed by atoms with Crippen LogP contribution in [0.2, 0.25) is 0 Å². The third-order valence-corrected chi connectivity index (χ3v) is 2.27. The Bertz CT molecular complexity index is 355. The van der Waals surface area contributed by atoms with Crippen LogP contribution >= 0.6 is 0 Å². The summed E-state index contributed by atoms with van der Waals surface area (Å²) in [6, 6.07) is 2.72. The summed E-state index contributed by atoms with van der Waals surface area (Å²) in [6.07, 6.45) is 0. The van der Waals surface area contributed by atoms with Gasteiger partial charge in [-0.05, 0) is 12.5 Å². The first-order chi connectivity index (χ1) is 6.90. The first-order valence-electron chi connectivity index (χ1n) is 4.43. The Morgan fingerprint density at radius 3 is 2.60 bits per heavy atom. The molecule has 1 aromatic rings. The summed E-state index contributed by atoms with van der Waals surface area (Å²) in [5, 5.41) is 18.0. The van der Waals surface area contributed by atoms with Crippen molar-refractivity contribution in [2.75, 3.05) is 6.61 Å². The van der Waals surface area contributed by atoms with Crippen molar-refractivity contribution >= 4 is 0 Å². The molecule has 0 aromatic heterocycles. The fourth-order valence-corrected chi connectivity index (χ4v) is 1.26. The molecule has 0 aliphatic heterocycles. The molecule has 0 aliphatic carbocycles. The topological polar surface area (TPSA) is 66.5 Å². The Balaban J connectivity index is 3.12. The number of halogens is 2. The Labute approximate surface area is 86.2 Å². The van der Waals surface area contributed by atoms with Gasteiger partial charge < -0.3 is 15.9 Å². The van der Waals surface area contributed by atoms with Gasteiger partial charge in [-0.15, -0.1) is 0 Å². The minimum absolute atomic E-state index is 0.0611. The van der Waals surface area contributed by atoms with Crippen molar-refractivity contribution in [2.24, 2.45) is 5.73 Å². The van der Waals surface area contributed by atoms with Crippen LogP contribution < -0.4 is 5.73 Å². The average molecular weight is 217 g/mol. The summed E-state index contributed by atoms with van der Waals surface area (Å²) < 4.78 is 26.1. The number of benzene rings is 1. The second kappa shape index (κ2) is 4.12. The van der Waals surface area contributed by atoms with Crippen LogP contribution in [0.5, 0.6) is 5.75 Å². The zero-order valence-corrected chi connectivity index (χ0v) is 8.24. The fourth-order valence-electron chi connectivity index (χ4n) is 1.26. The molecule has 4 N–H and O–H groups in total. The molecular formula is C10H13F2NO2. The smallest absolute Gasteiger partial charge is 0.289 e. The number of nitrogens with two attached hydrogens (primary N) is 1. The van der Waals surface area contributed by atoms with Crippen LogP contribution in [0.3, 0.4) is 0 Å². The van der Waals surface area contributed by atoms with Gasteiger partial charge in [-0.3, -0.25) is 0 Å². The number of aromatic hydroxyl groups is 1. The molecule has 0 bridgehead atoms. The van der Waals surface area contributed by atoms with Gasteiger partial charge in [0.2, 0.25) is 0 Å². The molecule has 1 atom stereocenters. The van der Waals surface area contributed by atoms with Crippen molar-refractivity contribution in [1.82, 2.24) is 0 Å². The number of para-hydroxylation sites is 1. The lowest BCUT2D eigenvalue weighted by molar-refractivity contribution is -0.0716. The largest absolute Gasteiger partial charge is 0.507 e. The van der Waals surface area contributed by atoms with Gasteiger partial charge in [0.05, 0.1) is 0 Å². The van der Waals surface area contributed by atoms with E-state index in [1.54, 1.807) is 13.0 Å². The van der Waals surface area contributed by atoms with Crippen LogP contribution in [0.15, 0.2) is 18.2 Å². The number of hydrogen-bond donors (Lipinski definition) is 3. The van der Waals surface area contributed by atoms with Gasteiger partial charge in [0.1, 0.15) is 18.4 Å². The first-order valence-corrected chi connectivity index (χ1v) is 4.43. The number of phenols is 1. The van der Waals surface area contributed by atoms with Gasteiger partial charge in [-0.25, -0.2) is 8.78 Å². The predicted octanol–water partition coefficient (Wildman–Crippen LogP) is 1.33. The summed E-state index contributed by atoms with van der Waals surface area (Å²) in [7, 11) is 0. The zero-order valence-electron chi connectivity index (χ0n) is 8.24. The Hall–Kier alpha value is -1.20. The molecule has 0 saturated heterocycles. The van der Waals surface area contributed by atoms with Crippen LogP contribution in [0, 0.1) is 6.92 Å². The summed E-state index contributed by atoms with van der Waals surface area (Å²) in [5.74, 6) is -3.69. The van der Waals surface area contributed by atoms with E-state index in [1.807, 2.05) is 0 Å². The monoisotopic (exact) mass is 217 g/mol. The van der Waals surface area contributed by atoms with E-state index in [0.29, 0.717) is 5.56 Å². The molecule has 0 amide bonds. The maximum absolute atomic E-state index is 13.1. The highest BCUT2D eigenvalue weighted by molar-refractivity contribution is 5.42. The van der Waals surface area contributed by atoms with E-state index in [4.69, 9.17) is 10.8 Å². The average Bonchev–Trinajstić information content (AvgIpc) is 2.21. The van der Waals surface area contributed by atoms with Gasteiger partial charge in [-0.2, -0.15) is 0 Å². The predicted molar refractivity (Wildman–Crippen MR) is 51.8 cm³/mol. The molecular weight excluding hydrogens is 204 g/mol. The number of phenolic OH excluding ortho intramolecular Hbond substituents is 1. The molecule has 0 spiro atoms. The number of hydrogen-bond acceptors (Lipinski definition) is 3. The van der Waals surface area contributed by atoms with Crippen molar-refractivity contribution in [3.05, 3.63) is 29.3 Å². The number of rotatable bonds is 3. The molecule has 0 unspecified atom stereocenters. The molecule has 0 heterocycles. The standard InChI is InChI=1S/C10H13F2NO2/c1-6-3-2-4-7(8(6)15)9(13)10(11,12)5-14/h2-4,9,14-15H,5,13H2,1H3/t9-/m0/s1. The second-order valence-corrected chi connectivity index (χ2v) is 3.41. The van der Waals surface area contributed by atoms with Crippen LogP contribution in [0.4, 0.5) is 8.78 Å². The maximum atomic E-state index is 13.1. The third-order valence-electron chi connectivity index (χ3n) is 2.27. The lowest BCUT2D eigenvalue weighted by Crippen LogP contribution is -2.36. The van der Waals surface area contributed by atoms with Crippen molar-refractivity contribution < 1.29 is 19.0 Å². The van der Waals surface area contributed by atoms with E-state index in [0.717, 1.165) is 0 Å². The molecule has 0 saturated carbocycles. The summed E-state index contributed by atoms with van der Waals surface area (Å²) in [5.41, 5.74) is 5.69. The van der Waals surface area contributed by atoms with E-state index in [-0.39, 0.29) is 11.3 Å². The van der Waals surface area contributed by atoms with Gasteiger partial charge in [0.25, 0.3) is 5.92 Å². The molecule has 0 fully saturated rings. The molecule has 0 radical (unpaired) electrons. The van der Waals surface area contributed by atoms with Gasteiger partial charge >= 0.3 is 0 Å². The zero-order chi connectivity index (χ0) is 11.6. The molecule has 5 heteroatoms. The van der Waals surface area contributed by atoms with E-state index < -0.39 is 18.6 Å². The number of aliphatic hydroxyl groups excluding tert-OH is 1. The summed E-state index contributed by atoms with van der Waals surface area (Å²) in [4.78, 5) is 0. The van der Waals surface area contributed by atoms with Crippen molar-refractivity contribution in [3.8, 4) is 5.75 Å². The summed E-state index contributed by atoms with van der Waals surface area (Å²) >= 11 is 0. The number of aliphatic hydroxyl groups is 1. The fraction of sp³-hybridized carbons (Fsp3) is 0.400.